The number of nitrogens with one attached hydrogen (secondary N) is 1. The van der Waals surface area contributed by atoms with E-state index in [4.69, 9.17) is 0 Å². The standard InChI is InChI=1S/C24H29FN2O2/c1-2-22(24(29)26-21-10-6-7-11-21)27(17-19-8-4-3-5-9-19)23(28)16-18-12-14-20(25)15-13-18/h3-5,8-9,12-15,21-22H,2,6-7,10-11,16-17H2,1H3,(H,26,29). The third-order valence-electron chi connectivity index (χ3n) is 5.55. The molecule has 0 aromatic heterocycles. The SMILES string of the molecule is CCC(C(=O)NC1CCCC1)N(Cc1ccccc1)C(=O)Cc1ccc(F)cc1. The Morgan fingerprint density at radius 3 is 2.31 bits per heavy atom. The van der Waals surface area contributed by atoms with Crippen LogP contribution in [0, 0.1) is 5.82 Å². The minimum absolute atomic E-state index is 0.0808. The van der Waals surface area contributed by atoms with E-state index < -0.39 is 6.04 Å². The monoisotopic (exact) mass is 396 g/mol. The molecule has 0 spiro atoms. The number of hydrogen-bond donors (Lipinski definition) is 1. The summed E-state index contributed by atoms with van der Waals surface area (Å²) in [5, 5.41) is 3.14. The zero-order valence-electron chi connectivity index (χ0n) is 16.9. The Balaban J connectivity index is 1.78. The molecule has 3 rings (SSSR count). The van der Waals surface area contributed by atoms with E-state index in [0.29, 0.717) is 13.0 Å². The Bertz CT molecular complexity index is 801. The minimum Gasteiger partial charge on any atom is -0.352 e. The molecule has 5 heteroatoms. The van der Waals surface area contributed by atoms with Gasteiger partial charge in [-0.1, -0.05) is 62.2 Å². The highest BCUT2D eigenvalue weighted by atomic mass is 19.1. The number of rotatable bonds is 8. The molecule has 0 radical (unpaired) electrons. The number of carbonyl (C=O) groups excluding carboxylic acids is 2. The first kappa shape index (κ1) is 21.0. The van der Waals surface area contributed by atoms with E-state index >= 15 is 0 Å². The van der Waals surface area contributed by atoms with E-state index in [1.165, 1.54) is 12.1 Å². The van der Waals surface area contributed by atoms with Crippen molar-refractivity contribution < 1.29 is 14.0 Å². The predicted octanol–water partition coefficient (Wildman–Crippen LogP) is 4.23. The van der Waals surface area contributed by atoms with E-state index in [1.54, 1.807) is 17.0 Å². The molecule has 1 aliphatic rings. The van der Waals surface area contributed by atoms with Gasteiger partial charge in [0.1, 0.15) is 11.9 Å². The van der Waals surface area contributed by atoms with Crippen LogP contribution in [-0.2, 0) is 22.6 Å². The molecule has 2 amide bonds. The van der Waals surface area contributed by atoms with Crippen LogP contribution in [-0.4, -0.2) is 28.8 Å². The number of nitrogens with zero attached hydrogens (tertiary/aromatic N) is 1. The van der Waals surface area contributed by atoms with Crippen LogP contribution >= 0.6 is 0 Å². The van der Waals surface area contributed by atoms with Crippen LogP contribution in [0.2, 0.25) is 0 Å². The Morgan fingerprint density at radius 1 is 1.03 bits per heavy atom. The first-order chi connectivity index (χ1) is 14.1. The van der Waals surface area contributed by atoms with Gasteiger partial charge in [0.2, 0.25) is 11.8 Å². The van der Waals surface area contributed by atoms with Crippen molar-refractivity contribution in [2.45, 2.75) is 64.1 Å². The van der Waals surface area contributed by atoms with Crippen molar-refractivity contribution in [3.63, 3.8) is 0 Å². The first-order valence-corrected chi connectivity index (χ1v) is 10.4. The maximum Gasteiger partial charge on any atom is 0.243 e. The lowest BCUT2D eigenvalue weighted by Gasteiger charge is -2.31. The largest absolute Gasteiger partial charge is 0.352 e. The normalized spacial score (nSPS) is 15.1. The second-order valence-corrected chi connectivity index (χ2v) is 7.72. The average molecular weight is 397 g/mol. The van der Waals surface area contributed by atoms with Gasteiger partial charge in [0.25, 0.3) is 0 Å². The van der Waals surface area contributed by atoms with Crippen molar-refractivity contribution in [3.05, 3.63) is 71.5 Å². The summed E-state index contributed by atoms with van der Waals surface area (Å²) in [6.07, 6.45) is 4.97. The Hall–Kier alpha value is -2.69. The van der Waals surface area contributed by atoms with Crippen LogP contribution < -0.4 is 5.32 Å². The molecule has 1 aliphatic carbocycles. The minimum atomic E-state index is -0.524. The molecule has 1 unspecified atom stereocenters. The second kappa shape index (κ2) is 10.2. The zero-order chi connectivity index (χ0) is 20.6. The van der Waals surface area contributed by atoms with Crippen LogP contribution in [0.4, 0.5) is 4.39 Å². The summed E-state index contributed by atoms with van der Waals surface area (Å²) in [6.45, 7) is 2.31. The Kier molecular flexibility index (Phi) is 7.39. The van der Waals surface area contributed by atoms with E-state index in [1.807, 2.05) is 37.3 Å². The van der Waals surface area contributed by atoms with Gasteiger partial charge in [0.15, 0.2) is 0 Å². The molecule has 1 saturated carbocycles. The average Bonchev–Trinajstić information content (AvgIpc) is 3.23. The molecule has 0 aliphatic heterocycles. The number of hydrogen-bond acceptors (Lipinski definition) is 2. The van der Waals surface area contributed by atoms with Crippen molar-refractivity contribution in [1.29, 1.82) is 0 Å². The molecule has 29 heavy (non-hydrogen) atoms. The highest BCUT2D eigenvalue weighted by Crippen LogP contribution is 2.20. The summed E-state index contributed by atoms with van der Waals surface area (Å²) in [6, 6.07) is 15.3. The second-order valence-electron chi connectivity index (χ2n) is 7.72. The maximum absolute atomic E-state index is 13.2. The molecule has 1 N–H and O–H groups in total. The molecule has 0 saturated heterocycles. The highest BCUT2D eigenvalue weighted by Gasteiger charge is 2.30. The Labute approximate surface area is 172 Å². The van der Waals surface area contributed by atoms with Gasteiger partial charge in [0, 0.05) is 12.6 Å². The highest BCUT2D eigenvalue weighted by molar-refractivity contribution is 5.88. The van der Waals surface area contributed by atoms with Crippen LogP contribution in [0.5, 0.6) is 0 Å². The van der Waals surface area contributed by atoms with Gasteiger partial charge in [-0.15, -0.1) is 0 Å². The van der Waals surface area contributed by atoms with Gasteiger partial charge in [-0.2, -0.15) is 0 Å². The molecule has 0 heterocycles. The van der Waals surface area contributed by atoms with Gasteiger partial charge in [-0.25, -0.2) is 4.39 Å². The number of carbonyl (C=O) groups is 2. The van der Waals surface area contributed by atoms with Crippen molar-refractivity contribution in [2.24, 2.45) is 0 Å². The first-order valence-electron chi connectivity index (χ1n) is 10.4. The lowest BCUT2D eigenvalue weighted by atomic mass is 10.1. The Morgan fingerprint density at radius 2 is 1.69 bits per heavy atom. The summed E-state index contributed by atoms with van der Waals surface area (Å²) in [4.78, 5) is 27.9. The number of benzene rings is 2. The van der Waals surface area contributed by atoms with E-state index in [9.17, 15) is 14.0 Å². The molecule has 154 valence electrons. The number of amides is 2. The lowest BCUT2D eigenvalue weighted by molar-refractivity contribution is -0.141. The van der Waals surface area contributed by atoms with Crippen molar-refractivity contribution in [2.75, 3.05) is 0 Å². The molecule has 2 aromatic carbocycles. The molecule has 1 atom stereocenters. The molecule has 2 aromatic rings. The van der Waals surface area contributed by atoms with Gasteiger partial charge < -0.3 is 10.2 Å². The fraction of sp³-hybridized carbons (Fsp3) is 0.417. The van der Waals surface area contributed by atoms with Crippen molar-refractivity contribution in [1.82, 2.24) is 10.2 Å². The van der Waals surface area contributed by atoms with Crippen LogP contribution in [0.15, 0.2) is 54.6 Å². The van der Waals surface area contributed by atoms with Gasteiger partial charge >= 0.3 is 0 Å². The van der Waals surface area contributed by atoms with Crippen LogP contribution in [0.3, 0.4) is 0 Å². The van der Waals surface area contributed by atoms with Crippen molar-refractivity contribution in [3.8, 4) is 0 Å². The van der Waals surface area contributed by atoms with Gasteiger partial charge in [-0.3, -0.25) is 9.59 Å². The zero-order valence-corrected chi connectivity index (χ0v) is 16.9. The van der Waals surface area contributed by atoms with E-state index in [-0.39, 0.29) is 30.1 Å². The molecule has 4 nitrogen and oxygen atoms in total. The predicted molar refractivity (Wildman–Crippen MR) is 112 cm³/mol. The molecule has 0 bridgehead atoms. The van der Waals surface area contributed by atoms with Crippen molar-refractivity contribution >= 4 is 11.8 Å². The summed E-state index contributed by atoms with van der Waals surface area (Å²) < 4.78 is 13.2. The third kappa shape index (κ3) is 5.89. The fourth-order valence-electron chi connectivity index (χ4n) is 3.95. The maximum atomic E-state index is 13.2. The summed E-state index contributed by atoms with van der Waals surface area (Å²) in [5.74, 6) is -0.540. The summed E-state index contributed by atoms with van der Waals surface area (Å²) in [5.41, 5.74) is 1.72. The summed E-state index contributed by atoms with van der Waals surface area (Å²) >= 11 is 0. The molecular formula is C24H29FN2O2. The summed E-state index contributed by atoms with van der Waals surface area (Å²) in [7, 11) is 0. The smallest absolute Gasteiger partial charge is 0.243 e. The van der Waals surface area contributed by atoms with Gasteiger partial charge in [-0.05, 0) is 42.5 Å². The lowest BCUT2D eigenvalue weighted by Crippen LogP contribution is -2.51. The molecule has 1 fully saturated rings. The fourth-order valence-corrected chi connectivity index (χ4v) is 3.95. The quantitative estimate of drug-likeness (QED) is 0.726. The number of halogens is 1. The third-order valence-corrected chi connectivity index (χ3v) is 5.55. The molecular weight excluding hydrogens is 367 g/mol. The van der Waals surface area contributed by atoms with Gasteiger partial charge in [0.05, 0.1) is 6.42 Å². The topological polar surface area (TPSA) is 49.4 Å². The van der Waals surface area contributed by atoms with Crippen LogP contribution in [0.1, 0.15) is 50.2 Å². The van der Waals surface area contributed by atoms with Crippen LogP contribution in [0.25, 0.3) is 0 Å². The van der Waals surface area contributed by atoms with E-state index in [2.05, 4.69) is 5.32 Å². The van der Waals surface area contributed by atoms with E-state index in [0.717, 1.165) is 36.8 Å².